The van der Waals surface area contributed by atoms with Crippen molar-refractivity contribution in [2.24, 2.45) is 0 Å². The molecule has 5 nitrogen and oxygen atoms in total. The van der Waals surface area contributed by atoms with Gasteiger partial charge in [-0.2, -0.15) is 15.8 Å². The number of hydrogen-bond acceptors (Lipinski definition) is 4. The SMILES string of the molecule is N#Cc1cc(C(=O)O)c2cc(C#N)c(C#N)cc2c1. The summed E-state index contributed by atoms with van der Waals surface area (Å²) in [6.45, 7) is 0. The minimum atomic E-state index is -1.18. The van der Waals surface area contributed by atoms with E-state index in [1.165, 1.54) is 24.3 Å². The van der Waals surface area contributed by atoms with E-state index in [1.807, 2.05) is 18.2 Å². The second kappa shape index (κ2) is 4.49. The highest BCUT2D eigenvalue weighted by Crippen LogP contribution is 2.25. The Labute approximate surface area is 108 Å². The molecule has 2 aromatic carbocycles. The molecule has 0 aliphatic heterocycles. The Hall–Kier alpha value is -3.36. The van der Waals surface area contributed by atoms with Crippen LogP contribution in [0.3, 0.4) is 0 Å². The molecule has 0 amide bonds. The molecule has 2 rings (SSSR count). The highest BCUT2D eigenvalue weighted by Gasteiger charge is 2.13. The smallest absolute Gasteiger partial charge is 0.336 e. The fraction of sp³-hybridized carbons (Fsp3) is 0. The lowest BCUT2D eigenvalue weighted by Gasteiger charge is -2.05. The van der Waals surface area contributed by atoms with Crippen LogP contribution >= 0.6 is 0 Å². The van der Waals surface area contributed by atoms with Gasteiger partial charge in [-0.25, -0.2) is 4.79 Å². The molecule has 0 unspecified atom stereocenters. The van der Waals surface area contributed by atoms with Gasteiger partial charge in [-0.05, 0) is 35.0 Å². The number of carboxylic acid groups (broad SMARTS) is 1. The molecule has 0 fully saturated rings. The van der Waals surface area contributed by atoms with Crippen LogP contribution in [-0.2, 0) is 0 Å². The molecule has 19 heavy (non-hydrogen) atoms. The number of benzene rings is 2. The van der Waals surface area contributed by atoms with Crippen molar-refractivity contribution in [1.29, 1.82) is 15.8 Å². The van der Waals surface area contributed by atoms with Crippen molar-refractivity contribution in [2.45, 2.75) is 0 Å². The van der Waals surface area contributed by atoms with E-state index >= 15 is 0 Å². The number of nitrogens with zero attached hydrogens (tertiary/aromatic N) is 3. The van der Waals surface area contributed by atoms with Gasteiger partial charge in [0.05, 0.1) is 28.3 Å². The highest BCUT2D eigenvalue weighted by atomic mass is 16.4. The van der Waals surface area contributed by atoms with Crippen LogP contribution in [0, 0.1) is 34.0 Å². The van der Waals surface area contributed by atoms with Crippen LogP contribution in [0.4, 0.5) is 0 Å². The van der Waals surface area contributed by atoms with E-state index in [0.717, 1.165) is 0 Å². The van der Waals surface area contributed by atoms with Gasteiger partial charge in [-0.15, -0.1) is 0 Å². The average Bonchev–Trinajstić information content (AvgIpc) is 2.44. The molecule has 5 heteroatoms. The van der Waals surface area contributed by atoms with Crippen molar-refractivity contribution in [3.8, 4) is 18.2 Å². The Balaban J connectivity index is 2.97. The summed E-state index contributed by atoms with van der Waals surface area (Å²) in [5.41, 5.74) is 0.400. The first-order valence-corrected chi connectivity index (χ1v) is 5.16. The fourth-order valence-electron chi connectivity index (χ4n) is 1.84. The van der Waals surface area contributed by atoms with Gasteiger partial charge < -0.3 is 5.11 Å². The maximum atomic E-state index is 11.2. The highest BCUT2D eigenvalue weighted by molar-refractivity contribution is 6.05. The quantitative estimate of drug-likeness (QED) is 0.830. The summed E-state index contributed by atoms with van der Waals surface area (Å²) in [5, 5.41) is 36.7. The molecule has 2 aromatic rings. The van der Waals surface area contributed by atoms with Crippen LogP contribution in [0.15, 0.2) is 24.3 Å². The number of aromatic carboxylic acids is 1. The predicted octanol–water partition coefficient (Wildman–Crippen LogP) is 2.15. The van der Waals surface area contributed by atoms with E-state index in [-0.39, 0.29) is 22.3 Å². The molecule has 0 bridgehead atoms. The number of carboxylic acids is 1. The van der Waals surface area contributed by atoms with E-state index in [1.54, 1.807) is 0 Å². The lowest BCUT2D eigenvalue weighted by molar-refractivity contribution is 0.0699. The summed E-state index contributed by atoms with van der Waals surface area (Å²) < 4.78 is 0. The second-order valence-corrected chi connectivity index (χ2v) is 3.78. The lowest BCUT2D eigenvalue weighted by atomic mass is 9.96. The van der Waals surface area contributed by atoms with Gasteiger partial charge in [0.15, 0.2) is 0 Å². The molecule has 0 spiro atoms. The fourth-order valence-corrected chi connectivity index (χ4v) is 1.84. The Bertz CT molecular complexity index is 833. The summed E-state index contributed by atoms with van der Waals surface area (Å²) in [6.07, 6.45) is 0. The topological polar surface area (TPSA) is 109 Å². The van der Waals surface area contributed by atoms with Crippen LogP contribution in [0.5, 0.6) is 0 Å². The van der Waals surface area contributed by atoms with Crippen LogP contribution in [0.2, 0.25) is 0 Å². The van der Waals surface area contributed by atoms with Gasteiger partial charge in [-0.1, -0.05) is 0 Å². The molecule has 0 aromatic heterocycles. The standard InChI is InChI=1S/C14H5N3O2/c15-5-8-1-9-3-10(6-16)11(7-17)4-12(9)13(2-8)14(18)19/h1-4H,(H,18,19). The molecule has 0 aliphatic rings. The minimum absolute atomic E-state index is 0.0601. The van der Waals surface area contributed by atoms with Crippen LogP contribution in [-0.4, -0.2) is 11.1 Å². The van der Waals surface area contributed by atoms with Crippen molar-refractivity contribution in [2.75, 3.05) is 0 Å². The van der Waals surface area contributed by atoms with E-state index in [0.29, 0.717) is 10.8 Å². The van der Waals surface area contributed by atoms with Crippen molar-refractivity contribution < 1.29 is 9.90 Å². The van der Waals surface area contributed by atoms with E-state index in [4.69, 9.17) is 20.9 Å². The summed E-state index contributed by atoms with van der Waals surface area (Å²) in [7, 11) is 0. The number of carbonyl (C=O) groups is 1. The average molecular weight is 247 g/mol. The monoisotopic (exact) mass is 247 g/mol. The third-order valence-corrected chi connectivity index (χ3v) is 2.69. The molecule has 0 radical (unpaired) electrons. The lowest BCUT2D eigenvalue weighted by Crippen LogP contribution is -1.99. The number of fused-ring (bicyclic) bond motifs is 1. The maximum Gasteiger partial charge on any atom is 0.336 e. The molecule has 1 N–H and O–H groups in total. The molecular formula is C14H5N3O2. The molecule has 0 aliphatic carbocycles. The van der Waals surface area contributed by atoms with Crippen molar-refractivity contribution >= 4 is 16.7 Å². The first-order valence-electron chi connectivity index (χ1n) is 5.16. The first kappa shape index (κ1) is 12.1. The van der Waals surface area contributed by atoms with Crippen LogP contribution < -0.4 is 0 Å². The van der Waals surface area contributed by atoms with E-state index in [2.05, 4.69) is 0 Å². The summed E-state index contributed by atoms with van der Waals surface area (Å²) in [4.78, 5) is 11.2. The predicted molar refractivity (Wildman–Crippen MR) is 65.1 cm³/mol. The molecule has 0 saturated carbocycles. The Morgan fingerprint density at radius 3 is 2.11 bits per heavy atom. The zero-order valence-corrected chi connectivity index (χ0v) is 9.51. The van der Waals surface area contributed by atoms with Gasteiger partial charge in [0.25, 0.3) is 0 Å². The van der Waals surface area contributed by atoms with Crippen LogP contribution in [0.25, 0.3) is 10.8 Å². The largest absolute Gasteiger partial charge is 0.478 e. The zero-order valence-electron chi connectivity index (χ0n) is 9.51. The Kier molecular flexibility index (Phi) is 2.86. The third-order valence-electron chi connectivity index (χ3n) is 2.69. The van der Waals surface area contributed by atoms with Gasteiger partial charge >= 0.3 is 5.97 Å². The van der Waals surface area contributed by atoms with Gasteiger partial charge in [0.2, 0.25) is 0 Å². The number of rotatable bonds is 1. The van der Waals surface area contributed by atoms with Gasteiger partial charge in [0.1, 0.15) is 12.1 Å². The number of hydrogen-bond donors (Lipinski definition) is 1. The second-order valence-electron chi connectivity index (χ2n) is 3.78. The van der Waals surface area contributed by atoms with Crippen LogP contribution in [0.1, 0.15) is 27.0 Å². The Morgan fingerprint density at radius 2 is 1.58 bits per heavy atom. The van der Waals surface area contributed by atoms with Gasteiger partial charge in [-0.3, -0.25) is 0 Å². The molecular weight excluding hydrogens is 242 g/mol. The van der Waals surface area contributed by atoms with E-state index in [9.17, 15) is 4.79 Å². The van der Waals surface area contributed by atoms with Gasteiger partial charge in [0, 0.05) is 0 Å². The third kappa shape index (κ3) is 1.95. The molecule has 88 valence electrons. The summed E-state index contributed by atoms with van der Waals surface area (Å²) in [6, 6.07) is 11.1. The van der Waals surface area contributed by atoms with Crippen molar-refractivity contribution in [1.82, 2.24) is 0 Å². The number of nitriles is 3. The minimum Gasteiger partial charge on any atom is -0.478 e. The normalized spacial score (nSPS) is 9.32. The summed E-state index contributed by atoms with van der Waals surface area (Å²) in [5.74, 6) is -1.18. The first-order chi connectivity index (χ1) is 9.10. The van der Waals surface area contributed by atoms with Crippen molar-refractivity contribution in [3.63, 3.8) is 0 Å². The summed E-state index contributed by atoms with van der Waals surface area (Å²) >= 11 is 0. The molecule has 0 saturated heterocycles. The van der Waals surface area contributed by atoms with Crippen molar-refractivity contribution in [3.05, 3.63) is 46.5 Å². The maximum absolute atomic E-state index is 11.2. The van der Waals surface area contributed by atoms with E-state index < -0.39 is 5.97 Å². The Morgan fingerprint density at radius 1 is 0.947 bits per heavy atom. The zero-order chi connectivity index (χ0) is 14.0. The molecule has 0 heterocycles. The molecule has 0 atom stereocenters.